The number of carbonyl (C=O) groups is 1. The van der Waals surface area contributed by atoms with Gasteiger partial charge in [-0.2, -0.15) is 5.10 Å². The third kappa shape index (κ3) is 2.18. The van der Waals surface area contributed by atoms with Crippen molar-refractivity contribution < 1.29 is 4.79 Å². The molecule has 1 amide bonds. The van der Waals surface area contributed by atoms with Gasteiger partial charge < -0.3 is 0 Å². The molecule has 2 aromatic heterocycles. The monoisotopic (exact) mass is 264 g/mol. The number of nitrogens with two attached hydrogens (primary N) is 1. The van der Waals surface area contributed by atoms with E-state index < -0.39 is 11.5 Å². The Labute approximate surface area is 107 Å². The highest BCUT2D eigenvalue weighted by Crippen LogP contribution is 2.22. The van der Waals surface area contributed by atoms with Gasteiger partial charge in [0.25, 0.3) is 11.5 Å². The van der Waals surface area contributed by atoms with Crippen molar-refractivity contribution in [1.82, 2.24) is 15.2 Å². The number of rotatable bonds is 3. The van der Waals surface area contributed by atoms with Crippen LogP contribution in [0.15, 0.2) is 28.4 Å². The summed E-state index contributed by atoms with van der Waals surface area (Å²) in [6.45, 7) is 2.18. The highest BCUT2D eigenvalue weighted by Gasteiger charge is 2.15. The van der Waals surface area contributed by atoms with Gasteiger partial charge in [0.1, 0.15) is 11.3 Å². The second-order valence-electron chi connectivity index (χ2n) is 3.51. The van der Waals surface area contributed by atoms with Crippen molar-refractivity contribution in [2.24, 2.45) is 5.84 Å². The molecule has 0 atom stereocenters. The SMILES string of the molecule is CCn1nc(-c2cccs2)cc(C(=O)NN)c1=O. The summed E-state index contributed by atoms with van der Waals surface area (Å²) < 4.78 is 1.25. The lowest BCUT2D eigenvalue weighted by Gasteiger charge is -2.07. The minimum Gasteiger partial charge on any atom is -0.290 e. The summed E-state index contributed by atoms with van der Waals surface area (Å²) in [5.41, 5.74) is 2.11. The maximum atomic E-state index is 11.9. The van der Waals surface area contributed by atoms with Crippen molar-refractivity contribution in [3.8, 4) is 10.6 Å². The molecule has 18 heavy (non-hydrogen) atoms. The number of aromatic nitrogens is 2. The topological polar surface area (TPSA) is 90.0 Å². The molecular formula is C11H12N4O2S. The van der Waals surface area contributed by atoms with Crippen LogP contribution in [0.25, 0.3) is 10.6 Å². The third-order valence-electron chi connectivity index (χ3n) is 2.42. The molecule has 0 radical (unpaired) electrons. The van der Waals surface area contributed by atoms with Crippen LogP contribution in [0, 0.1) is 0 Å². The summed E-state index contributed by atoms with van der Waals surface area (Å²) in [5.74, 6) is 4.46. The Morgan fingerprint density at radius 2 is 2.39 bits per heavy atom. The van der Waals surface area contributed by atoms with Gasteiger partial charge in [0.05, 0.1) is 4.88 Å². The first-order valence-electron chi connectivity index (χ1n) is 5.34. The molecule has 0 fully saturated rings. The normalized spacial score (nSPS) is 10.3. The van der Waals surface area contributed by atoms with Gasteiger partial charge in [0, 0.05) is 6.54 Å². The first-order chi connectivity index (χ1) is 8.67. The number of hydrogen-bond acceptors (Lipinski definition) is 5. The number of hydrogen-bond donors (Lipinski definition) is 2. The van der Waals surface area contributed by atoms with Crippen molar-refractivity contribution >= 4 is 17.2 Å². The average molecular weight is 264 g/mol. The summed E-state index contributed by atoms with van der Waals surface area (Å²) in [6, 6.07) is 5.22. The molecule has 6 nitrogen and oxygen atoms in total. The lowest BCUT2D eigenvalue weighted by atomic mass is 10.2. The Balaban J connectivity index is 2.64. The van der Waals surface area contributed by atoms with Crippen LogP contribution in [0.3, 0.4) is 0 Å². The molecule has 0 bridgehead atoms. The van der Waals surface area contributed by atoms with Crippen LogP contribution in [0.4, 0.5) is 0 Å². The van der Waals surface area contributed by atoms with Crippen LogP contribution >= 0.6 is 11.3 Å². The Hall–Kier alpha value is -1.99. The fourth-order valence-electron chi connectivity index (χ4n) is 1.54. The number of nitrogens with one attached hydrogen (secondary N) is 1. The fraction of sp³-hybridized carbons (Fsp3) is 0.182. The van der Waals surface area contributed by atoms with E-state index in [0.717, 1.165) is 4.88 Å². The summed E-state index contributed by atoms with van der Waals surface area (Å²) in [4.78, 5) is 24.4. The quantitative estimate of drug-likeness (QED) is 0.482. The number of amides is 1. The van der Waals surface area contributed by atoms with Crippen molar-refractivity contribution in [3.05, 3.63) is 39.5 Å². The Morgan fingerprint density at radius 1 is 1.61 bits per heavy atom. The largest absolute Gasteiger partial charge is 0.290 e. The van der Waals surface area contributed by atoms with E-state index in [1.807, 2.05) is 22.9 Å². The molecule has 0 aromatic carbocycles. The predicted molar refractivity (Wildman–Crippen MR) is 69.1 cm³/mol. The summed E-state index contributed by atoms with van der Waals surface area (Å²) >= 11 is 1.49. The van der Waals surface area contributed by atoms with Crippen LogP contribution in [0.2, 0.25) is 0 Å². The Bertz CT molecular complexity index is 618. The molecule has 94 valence electrons. The van der Waals surface area contributed by atoms with E-state index in [0.29, 0.717) is 12.2 Å². The van der Waals surface area contributed by atoms with E-state index >= 15 is 0 Å². The fourth-order valence-corrected chi connectivity index (χ4v) is 2.22. The Kier molecular flexibility index (Phi) is 3.54. The first-order valence-corrected chi connectivity index (χ1v) is 6.22. The molecule has 2 aromatic rings. The molecule has 0 unspecified atom stereocenters. The van der Waals surface area contributed by atoms with Crippen LogP contribution in [-0.4, -0.2) is 15.7 Å². The van der Waals surface area contributed by atoms with Crippen LogP contribution in [0.5, 0.6) is 0 Å². The zero-order valence-corrected chi connectivity index (χ0v) is 10.5. The van der Waals surface area contributed by atoms with E-state index in [1.54, 1.807) is 6.92 Å². The first kappa shape index (κ1) is 12.5. The van der Waals surface area contributed by atoms with Crippen molar-refractivity contribution in [2.75, 3.05) is 0 Å². The lowest BCUT2D eigenvalue weighted by molar-refractivity contribution is 0.0951. The smallest absolute Gasteiger partial charge is 0.279 e. The molecule has 0 saturated carbocycles. The molecule has 0 spiro atoms. The van der Waals surface area contributed by atoms with Crippen molar-refractivity contribution in [1.29, 1.82) is 0 Å². The molecule has 0 aliphatic carbocycles. The maximum absolute atomic E-state index is 11.9. The second kappa shape index (κ2) is 5.11. The van der Waals surface area contributed by atoms with Crippen LogP contribution in [0.1, 0.15) is 17.3 Å². The Morgan fingerprint density at radius 3 is 2.94 bits per heavy atom. The third-order valence-corrected chi connectivity index (χ3v) is 3.32. The van der Waals surface area contributed by atoms with Gasteiger partial charge in [0.15, 0.2) is 0 Å². The minimum atomic E-state index is -0.609. The van der Waals surface area contributed by atoms with Gasteiger partial charge in [0.2, 0.25) is 0 Å². The van der Waals surface area contributed by atoms with Gasteiger partial charge in [-0.3, -0.25) is 15.0 Å². The maximum Gasteiger partial charge on any atom is 0.279 e. The molecule has 7 heteroatoms. The highest BCUT2D eigenvalue weighted by molar-refractivity contribution is 7.13. The number of carbonyl (C=O) groups excluding carboxylic acids is 1. The highest BCUT2D eigenvalue weighted by atomic mass is 32.1. The summed E-state index contributed by atoms with van der Waals surface area (Å²) in [5, 5.41) is 6.11. The number of hydrazine groups is 1. The summed E-state index contributed by atoms with van der Waals surface area (Å²) in [6.07, 6.45) is 0. The van der Waals surface area contributed by atoms with Crippen molar-refractivity contribution in [2.45, 2.75) is 13.5 Å². The van der Waals surface area contributed by atoms with Crippen molar-refractivity contribution in [3.63, 3.8) is 0 Å². The van der Waals surface area contributed by atoms with E-state index in [-0.39, 0.29) is 5.56 Å². The molecular weight excluding hydrogens is 252 g/mol. The molecule has 0 aliphatic heterocycles. The lowest BCUT2D eigenvalue weighted by Crippen LogP contribution is -2.37. The second-order valence-corrected chi connectivity index (χ2v) is 4.46. The molecule has 2 rings (SSSR count). The summed E-state index contributed by atoms with van der Waals surface area (Å²) in [7, 11) is 0. The van der Waals surface area contributed by atoms with Gasteiger partial charge >= 0.3 is 0 Å². The predicted octanol–water partition coefficient (Wildman–Crippen LogP) is 0.595. The average Bonchev–Trinajstić information content (AvgIpc) is 2.92. The van der Waals surface area contributed by atoms with Gasteiger partial charge in [-0.25, -0.2) is 10.5 Å². The number of nitrogens with zero attached hydrogens (tertiary/aromatic N) is 2. The van der Waals surface area contributed by atoms with Gasteiger partial charge in [-0.1, -0.05) is 6.07 Å². The van der Waals surface area contributed by atoms with E-state index in [9.17, 15) is 9.59 Å². The molecule has 2 heterocycles. The number of aryl methyl sites for hydroxylation is 1. The molecule has 0 aliphatic rings. The standard InChI is InChI=1S/C11H12N4O2S/c1-2-15-11(17)7(10(16)13-12)6-8(14-15)9-4-3-5-18-9/h3-6H,2,12H2,1H3,(H,13,16). The zero-order valence-electron chi connectivity index (χ0n) is 9.71. The molecule has 0 saturated heterocycles. The van der Waals surface area contributed by atoms with E-state index in [2.05, 4.69) is 5.10 Å². The van der Waals surface area contributed by atoms with E-state index in [4.69, 9.17) is 5.84 Å². The van der Waals surface area contributed by atoms with Crippen LogP contribution in [-0.2, 0) is 6.54 Å². The minimum absolute atomic E-state index is 0.00208. The van der Waals surface area contributed by atoms with Gasteiger partial charge in [-0.05, 0) is 24.4 Å². The molecule has 3 N–H and O–H groups in total. The van der Waals surface area contributed by atoms with E-state index in [1.165, 1.54) is 22.1 Å². The number of thiophene rings is 1. The van der Waals surface area contributed by atoms with Gasteiger partial charge in [-0.15, -0.1) is 11.3 Å². The van der Waals surface area contributed by atoms with Crippen LogP contribution < -0.4 is 16.8 Å². The zero-order chi connectivity index (χ0) is 13.1. The number of nitrogen functional groups attached to an aromatic ring is 1.